The molecule has 1 amide bonds. The van der Waals surface area contributed by atoms with Crippen molar-refractivity contribution in [3.05, 3.63) is 64.1 Å². The Morgan fingerprint density at radius 2 is 1.64 bits per heavy atom. The van der Waals surface area contributed by atoms with E-state index in [1.54, 1.807) is 0 Å². The van der Waals surface area contributed by atoms with Gasteiger partial charge in [0.25, 0.3) is 5.91 Å². The predicted octanol–water partition coefficient (Wildman–Crippen LogP) is 2.01. The second kappa shape index (κ2) is 8.56. The maximum atomic E-state index is 12.2. The van der Waals surface area contributed by atoms with E-state index in [2.05, 4.69) is 10.2 Å². The SMILES string of the molecule is O=C(C[NH+]1CCN(c2ccccc2Cl)CC1)NCc1ccccc1Cl. The number of hydrogen-bond donors (Lipinski definition) is 2. The first-order valence-corrected chi connectivity index (χ1v) is 9.22. The Labute approximate surface area is 158 Å². The van der Waals surface area contributed by atoms with Gasteiger partial charge in [-0.2, -0.15) is 0 Å². The third-order valence-electron chi connectivity index (χ3n) is 4.51. The minimum absolute atomic E-state index is 0.0566. The number of anilines is 1. The fraction of sp³-hybridized carbons (Fsp3) is 0.316. The maximum Gasteiger partial charge on any atom is 0.275 e. The van der Waals surface area contributed by atoms with Gasteiger partial charge in [-0.25, -0.2) is 0 Å². The van der Waals surface area contributed by atoms with Gasteiger partial charge in [-0.05, 0) is 23.8 Å². The lowest BCUT2D eigenvalue weighted by Crippen LogP contribution is -3.15. The smallest absolute Gasteiger partial charge is 0.275 e. The Morgan fingerprint density at radius 1 is 1.00 bits per heavy atom. The summed E-state index contributed by atoms with van der Waals surface area (Å²) in [6, 6.07) is 15.5. The van der Waals surface area contributed by atoms with Gasteiger partial charge in [0, 0.05) is 11.6 Å². The molecule has 0 atom stereocenters. The van der Waals surface area contributed by atoms with Crippen LogP contribution in [0, 0.1) is 0 Å². The predicted molar refractivity (Wildman–Crippen MR) is 103 cm³/mol. The number of hydrogen-bond acceptors (Lipinski definition) is 2. The first-order chi connectivity index (χ1) is 12.1. The molecule has 0 spiro atoms. The molecule has 0 aliphatic carbocycles. The van der Waals surface area contributed by atoms with Crippen molar-refractivity contribution in [3.63, 3.8) is 0 Å². The lowest BCUT2D eigenvalue weighted by molar-refractivity contribution is -0.892. The van der Waals surface area contributed by atoms with Crippen LogP contribution in [-0.2, 0) is 11.3 Å². The molecule has 1 saturated heterocycles. The Hall–Kier alpha value is -1.75. The van der Waals surface area contributed by atoms with Crippen molar-refractivity contribution in [1.82, 2.24) is 5.32 Å². The summed E-state index contributed by atoms with van der Waals surface area (Å²) in [6.45, 7) is 4.60. The van der Waals surface area contributed by atoms with Gasteiger partial charge in [0.2, 0.25) is 0 Å². The first kappa shape index (κ1) is 18.1. The van der Waals surface area contributed by atoms with Crippen molar-refractivity contribution in [3.8, 4) is 0 Å². The quantitative estimate of drug-likeness (QED) is 0.834. The highest BCUT2D eigenvalue weighted by Crippen LogP contribution is 2.24. The van der Waals surface area contributed by atoms with E-state index in [1.807, 2.05) is 48.5 Å². The Morgan fingerprint density at radius 3 is 2.32 bits per heavy atom. The number of quaternary nitrogens is 1. The third-order valence-corrected chi connectivity index (χ3v) is 5.20. The minimum Gasteiger partial charge on any atom is -0.359 e. The summed E-state index contributed by atoms with van der Waals surface area (Å²) in [5, 5.41) is 4.42. The molecule has 1 heterocycles. The molecule has 0 bridgehead atoms. The fourth-order valence-electron chi connectivity index (χ4n) is 3.07. The van der Waals surface area contributed by atoms with Gasteiger partial charge in [0.1, 0.15) is 0 Å². The zero-order chi connectivity index (χ0) is 17.6. The third kappa shape index (κ3) is 4.88. The van der Waals surface area contributed by atoms with Crippen molar-refractivity contribution >= 4 is 34.8 Å². The van der Waals surface area contributed by atoms with E-state index in [1.165, 1.54) is 4.90 Å². The van der Waals surface area contributed by atoms with Gasteiger partial charge < -0.3 is 15.1 Å². The van der Waals surface area contributed by atoms with E-state index < -0.39 is 0 Å². The fourth-order valence-corrected chi connectivity index (χ4v) is 3.53. The van der Waals surface area contributed by atoms with E-state index in [0.29, 0.717) is 18.1 Å². The number of carbonyl (C=O) groups is 1. The Kier molecular flexibility index (Phi) is 6.19. The molecule has 2 N–H and O–H groups in total. The van der Waals surface area contributed by atoms with Gasteiger partial charge in [0.15, 0.2) is 6.54 Å². The highest BCUT2D eigenvalue weighted by Gasteiger charge is 2.23. The summed E-state index contributed by atoms with van der Waals surface area (Å²) < 4.78 is 0. The molecule has 3 rings (SSSR count). The van der Waals surface area contributed by atoms with E-state index in [4.69, 9.17) is 23.2 Å². The molecule has 1 aliphatic heterocycles. The number of para-hydroxylation sites is 1. The maximum absolute atomic E-state index is 12.2. The van der Waals surface area contributed by atoms with Crippen molar-refractivity contribution < 1.29 is 9.69 Å². The van der Waals surface area contributed by atoms with Crippen LogP contribution in [0.4, 0.5) is 5.69 Å². The summed E-state index contributed by atoms with van der Waals surface area (Å²) in [4.78, 5) is 15.8. The van der Waals surface area contributed by atoms with Crippen LogP contribution >= 0.6 is 23.2 Å². The summed E-state index contributed by atoms with van der Waals surface area (Å²) in [7, 11) is 0. The number of carbonyl (C=O) groups excluding carboxylic acids is 1. The van der Waals surface area contributed by atoms with Gasteiger partial charge >= 0.3 is 0 Å². The standard InChI is InChI=1S/C19H21Cl2N3O/c20-16-6-2-1-5-15(16)13-22-19(25)14-23-9-11-24(12-10-23)18-8-4-3-7-17(18)21/h1-8H,9-14H2,(H,22,25)/p+1. The van der Waals surface area contributed by atoms with E-state index >= 15 is 0 Å². The number of benzene rings is 2. The molecule has 4 nitrogen and oxygen atoms in total. The average molecular weight is 379 g/mol. The highest BCUT2D eigenvalue weighted by atomic mass is 35.5. The largest absolute Gasteiger partial charge is 0.359 e. The normalized spacial score (nSPS) is 15.2. The number of rotatable bonds is 5. The van der Waals surface area contributed by atoms with E-state index in [0.717, 1.165) is 42.5 Å². The topological polar surface area (TPSA) is 36.8 Å². The van der Waals surface area contributed by atoms with Crippen LogP contribution < -0.4 is 15.1 Å². The lowest BCUT2D eigenvalue weighted by atomic mass is 10.2. The first-order valence-electron chi connectivity index (χ1n) is 8.46. The monoisotopic (exact) mass is 378 g/mol. The highest BCUT2D eigenvalue weighted by molar-refractivity contribution is 6.33. The van der Waals surface area contributed by atoms with E-state index in [-0.39, 0.29) is 5.91 Å². The summed E-state index contributed by atoms with van der Waals surface area (Å²) >= 11 is 12.4. The number of amides is 1. The number of nitrogens with zero attached hydrogens (tertiary/aromatic N) is 1. The van der Waals surface area contributed by atoms with Gasteiger partial charge in [0.05, 0.1) is 36.9 Å². The number of piperazine rings is 1. The molecule has 2 aromatic rings. The molecule has 0 aromatic heterocycles. The summed E-state index contributed by atoms with van der Waals surface area (Å²) in [5.41, 5.74) is 2.02. The summed E-state index contributed by atoms with van der Waals surface area (Å²) in [5.74, 6) is 0.0566. The van der Waals surface area contributed by atoms with Gasteiger partial charge in [-0.15, -0.1) is 0 Å². The molecule has 2 aromatic carbocycles. The molecule has 6 heteroatoms. The van der Waals surface area contributed by atoms with Crippen molar-refractivity contribution in [1.29, 1.82) is 0 Å². The molecule has 1 aliphatic rings. The van der Waals surface area contributed by atoms with Gasteiger partial charge in [-0.1, -0.05) is 53.5 Å². The zero-order valence-corrected chi connectivity index (χ0v) is 15.5. The number of halogens is 2. The van der Waals surface area contributed by atoms with Crippen LogP contribution in [0.1, 0.15) is 5.56 Å². The molecular weight excluding hydrogens is 357 g/mol. The Balaban J connectivity index is 1.45. The molecule has 0 saturated carbocycles. The molecular formula is C19H22Cl2N3O+. The average Bonchev–Trinajstić information content (AvgIpc) is 2.62. The van der Waals surface area contributed by atoms with Crippen molar-refractivity contribution in [2.45, 2.75) is 6.54 Å². The van der Waals surface area contributed by atoms with Crippen molar-refractivity contribution in [2.24, 2.45) is 0 Å². The van der Waals surface area contributed by atoms with Crippen molar-refractivity contribution in [2.75, 3.05) is 37.6 Å². The number of nitrogens with one attached hydrogen (secondary N) is 2. The van der Waals surface area contributed by atoms with Crippen LogP contribution in [-0.4, -0.2) is 38.6 Å². The Bertz CT molecular complexity index is 730. The molecule has 132 valence electrons. The summed E-state index contributed by atoms with van der Waals surface area (Å²) in [6.07, 6.45) is 0. The minimum atomic E-state index is 0.0566. The van der Waals surface area contributed by atoms with Crippen LogP contribution in [0.5, 0.6) is 0 Å². The van der Waals surface area contributed by atoms with Crippen LogP contribution in [0.2, 0.25) is 10.0 Å². The van der Waals surface area contributed by atoms with Crippen LogP contribution in [0.25, 0.3) is 0 Å². The van der Waals surface area contributed by atoms with Crippen LogP contribution in [0.15, 0.2) is 48.5 Å². The lowest BCUT2D eigenvalue weighted by Gasteiger charge is -2.33. The molecule has 0 unspecified atom stereocenters. The van der Waals surface area contributed by atoms with E-state index in [9.17, 15) is 4.79 Å². The second-order valence-corrected chi connectivity index (χ2v) is 7.05. The molecule has 25 heavy (non-hydrogen) atoms. The zero-order valence-electron chi connectivity index (χ0n) is 14.0. The molecule has 0 radical (unpaired) electrons. The second-order valence-electron chi connectivity index (χ2n) is 6.23. The molecule has 1 fully saturated rings. The van der Waals surface area contributed by atoms with Gasteiger partial charge in [-0.3, -0.25) is 4.79 Å². The van der Waals surface area contributed by atoms with Crippen LogP contribution in [0.3, 0.4) is 0 Å².